The maximum absolute atomic E-state index is 11.9. The van der Waals surface area contributed by atoms with Gasteiger partial charge in [0.1, 0.15) is 6.04 Å². The fourth-order valence-corrected chi connectivity index (χ4v) is 2.03. The number of nitrogens with zero attached hydrogens (tertiary/aromatic N) is 2. The number of hydrogen-bond acceptors (Lipinski definition) is 3. The number of rotatable bonds is 2. The van der Waals surface area contributed by atoms with Crippen LogP contribution in [0.4, 0.5) is 5.69 Å². The molecule has 17 heavy (non-hydrogen) atoms. The van der Waals surface area contributed by atoms with Gasteiger partial charge in [-0.2, -0.15) is 0 Å². The lowest BCUT2D eigenvalue weighted by atomic mass is 9.99. The van der Waals surface area contributed by atoms with Gasteiger partial charge in [-0.05, 0) is 18.1 Å². The molecule has 1 saturated heterocycles. The molecule has 1 N–H and O–H groups in total. The molecule has 1 aliphatic heterocycles. The molecule has 0 radical (unpaired) electrons. The van der Waals surface area contributed by atoms with Crippen molar-refractivity contribution in [3.8, 4) is 0 Å². The molecular weight excluding hydrogens is 218 g/mol. The lowest BCUT2D eigenvalue weighted by molar-refractivity contribution is -0.131. The Kier molecular flexibility index (Phi) is 3.08. The summed E-state index contributed by atoms with van der Waals surface area (Å²) in [6, 6.07) is 3.09. The molecule has 2 amide bonds. The minimum absolute atomic E-state index is 0.0525. The van der Waals surface area contributed by atoms with Crippen LogP contribution in [0.15, 0.2) is 24.5 Å². The third kappa shape index (κ3) is 2.13. The van der Waals surface area contributed by atoms with Gasteiger partial charge in [0, 0.05) is 6.20 Å². The van der Waals surface area contributed by atoms with E-state index in [1.165, 1.54) is 4.90 Å². The normalized spacial score (nSPS) is 20.6. The second-order valence-corrected chi connectivity index (χ2v) is 4.38. The van der Waals surface area contributed by atoms with Gasteiger partial charge in [-0.1, -0.05) is 13.8 Å². The Morgan fingerprint density at radius 3 is 2.82 bits per heavy atom. The minimum atomic E-state index is -0.458. The SMILES string of the molecule is CC(C)C1C(=O)NCC(=O)N1c1cccnc1. The smallest absolute Gasteiger partial charge is 0.247 e. The predicted molar refractivity (Wildman–Crippen MR) is 63.4 cm³/mol. The van der Waals surface area contributed by atoms with Crippen molar-refractivity contribution in [1.82, 2.24) is 10.3 Å². The lowest BCUT2D eigenvalue weighted by Gasteiger charge is -2.36. The van der Waals surface area contributed by atoms with E-state index < -0.39 is 6.04 Å². The van der Waals surface area contributed by atoms with Gasteiger partial charge in [0.2, 0.25) is 11.8 Å². The van der Waals surface area contributed by atoms with E-state index in [1.54, 1.807) is 24.5 Å². The molecule has 1 unspecified atom stereocenters. The standard InChI is InChI=1S/C12H15N3O2/c1-8(2)11-12(17)14-7-10(16)15(11)9-4-3-5-13-6-9/h3-6,8,11H,7H2,1-2H3,(H,14,17). The molecule has 1 fully saturated rings. The number of carbonyl (C=O) groups is 2. The predicted octanol–water partition coefficient (Wildman–Crippen LogP) is 0.569. The van der Waals surface area contributed by atoms with E-state index in [1.807, 2.05) is 13.8 Å². The average Bonchev–Trinajstić information content (AvgIpc) is 2.32. The van der Waals surface area contributed by atoms with E-state index in [0.717, 1.165) is 0 Å². The molecular formula is C12H15N3O2. The van der Waals surface area contributed by atoms with Crippen LogP contribution in [-0.4, -0.2) is 29.4 Å². The van der Waals surface area contributed by atoms with Crippen molar-refractivity contribution < 1.29 is 9.59 Å². The van der Waals surface area contributed by atoms with Crippen molar-refractivity contribution in [1.29, 1.82) is 0 Å². The zero-order chi connectivity index (χ0) is 12.4. The van der Waals surface area contributed by atoms with Crippen molar-refractivity contribution in [3.05, 3.63) is 24.5 Å². The fourth-order valence-electron chi connectivity index (χ4n) is 2.03. The summed E-state index contributed by atoms with van der Waals surface area (Å²) >= 11 is 0. The summed E-state index contributed by atoms with van der Waals surface area (Å²) in [6.45, 7) is 3.90. The molecule has 5 nitrogen and oxygen atoms in total. The quantitative estimate of drug-likeness (QED) is 0.812. The van der Waals surface area contributed by atoms with Crippen LogP contribution in [0.2, 0.25) is 0 Å². The first-order valence-electron chi connectivity index (χ1n) is 5.61. The van der Waals surface area contributed by atoms with Gasteiger partial charge < -0.3 is 5.32 Å². The molecule has 90 valence electrons. The minimum Gasteiger partial charge on any atom is -0.345 e. The average molecular weight is 233 g/mol. The number of piperazine rings is 1. The summed E-state index contributed by atoms with van der Waals surface area (Å²) in [4.78, 5) is 29.3. The Hall–Kier alpha value is -1.91. The summed E-state index contributed by atoms with van der Waals surface area (Å²) < 4.78 is 0. The maximum atomic E-state index is 11.9. The number of pyridine rings is 1. The van der Waals surface area contributed by atoms with Crippen molar-refractivity contribution in [2.45, 2.75) is 19.9 Å². The summed E-state index contributed by atoms with van der Waals surface area (Å²) in [5.41, 5.74) is 0.672. The van der Waals surface area contributed by atoms with E-state index in [-0.39, 0.29) is 24.3 Å². The summed E-state index contributed by atoms with van der Waals surface area (Å²) in [5.74, 6) is -0.154. The van der Waals surface area contributed by atoms with Gasteiger partial charge in [-0.25, -0.2) is 0 Å². The summed E-state index contributed by atoms with van der Waals surface area (Å²) in [5, 5.41) is 2.61. The van der Waals surface area contributed by atoms with Crippen molar-refractivity contribution in [2.75, 3.05) is 11.4 Å². The first-order chi connectivity index (χ1) is 8.11. The van der Waals surface area contributed by atoms with Crippen LogP contribution in [0, 0.1) is 5.92 Å². The zero-order valence-corrected chi connectivity index (χ0v) is 9.88. The van der Waals surface area contributed by atoms with Crippen molar-refractivity contribution in [3.63, 3.8) is 0 Å². The van der Waals surface area contributed by atoms with Crippen LogP contribution < -0.4 is 10.2 Å². The van der Waals surface area contributed by atoms with E-state index >= 15 is 0 Å². The molecule has 1 aromatic heterocycles. The van der Waals surface area contributed by atoms with Gasteiger partial charge in [0.25, 0.3) is 0 Å². The van der Waals surface area contributed by atoms with E-state index in [9.17, 15) is 9.59 Å². The molecule has 2 heterocycles. The Balaban J connectivity index is 2.39. The molecule has 1 atom stereocenters. The number of anilines is 1. The van der Waals surface area contributed by atoms with Crippen molar-refractivity contribution in [2.24, 2.45) is 5.92 Å². The Morgan fingerprint density at radius 1 is 1.47 bits per heavy atom. The van der Waals surface area contributed by atoms with Gasteiger partial charge >= 0.3 is 0 Å². The van der Waals surface area contributed by atoms with Gasteiger partial charge in [0.15, 0.2) is 0 Å². The Bertz CT molecular complexity index is 431. The highest BCUT2D eigenvalue weighted by molar-refractivity contribution is 6.06. The zero-order valence-electron chi connectivity index (χ0n) is 9.88. The van der Waals surface area contributed by atoms with Crippen LogP contribution >= 0.6 is 0 Å². The highest BCUT2D eigenvalue weighted by Crippen LogP contribution is 2.22. The number of hydrogen-bond donors (Lipinski definition) is 1. The van der Waals surface area contributed by atoms with Crippen LogP contribution in [0.1, 0.15) is 13.8 Å². The fraction of sp³-hybridized carbons (Fsp3) is 0.417. The number of carbonyl (C=O) groups excluding carboxylic acids is 2. The van der Waals surface area contributed by atoms with Gasteiger partial charge in [-0.15, -0.1) is 0 Å². The number of amides is 2. The van der Waals surface area contributed by atoms with E-state index in [0.29, 0.717) is 5.69 Å². The largest absolute Gasteiger partial charge is 0.345 e. The lowest BCUT2D eigenvalue weighted by Crippen LogP contribution is -2.60. The highest BCUT2D eigenvalue weighted by atomic mass is 16.2. The van der Waals surface area contributed by atoms with E-state index in [2.05, 4.69) is 10.3 Å². The highest BCUT2D eigenvalue weighted by Gasteiger charge is 2.37. The second kappa shape index (κ2) is 4.53. The molecule has 0 bridgehead atoms. The maximum Gasteiger partial charge on any atom is 0.247 e. The molecule has 1 aliphatic rings. The molecule has 0 spiro atoms. The first kappa shape index (κ1) is 11.6. The third-order valence-corrected chi connectivity index (χ3v) is 2.78. The molecule has 5 heteroatoms. The van der Waals surface area contributed by atoms with Gasteiger partial charge in [0.05, 0.1) is 18.4 Å². The number of aromatic nitrogens is 1. The Morgan fingerprint density at radius 2 is 2.24 bits per heavy atom. The summed E-state index contributed by atoms with van der Waals surface area (Å²) in [7, 11) is 0. The monoisotopic (exact) mass is 233 g/mol. The van der Waals surface area contributed by atoms with Gasteiger partial charge in [-0.3, -0.25) is 19.5 Å². The molecule has 1 aromatic rings. The van der Waals surface area contributed by atoms with E-state index in [4.69, 9.17) is 0 Å². The third-order valence-electron chi connectivity index (χ3n) is 2.78. The molecule has 0 aromatic carbocycles. The Labute approximate surface area is 99.8 Å². The topological polar surface area (TPSA) is 62.3 Å². The van der Waals surface area contributed by atoms with Crippen LogP contribution in [0.3, 0.4) is 0 Å². The van der Waals surface area contributed by atoms with Crippen LogP contribution in [-0.2, 0) is 9.59 Å². The number of nitrogens with one attached hydrogen (secondary N) is 1. The van der Waals surface area contributed by atoms with Crippen molar-refractivity contribution >= 4 is 17.5 Å². The van der Waals surface area contributed by atoms with Crippen LogP contribution in [0.25, 0.3) is 0 Å². The second-order valence-electron chi connectivity index (χ2n) is 4.38. The molecule has 0 saturated carbocycles. The van der Waals surface area contributed by atoms with Crippen LogP contribution in [0.5, 0.6) is 0 Å². The molecule has 2 rings (SSSR count). The molecule has 0 aliphatic carbocycles. The summed E-state index contributed by atoms with van der Waals surface area (Å²) in [6.07, 6.45) is 3.24. The first-order valence-corrected chi connectivity index (χ1v) is 5.61.